The molecule has 2 nitrogen and oxygen atoms in total. The normalized spacial score (nSPS) is 20.4. The molecule has 0 radical (unpaired) electrons. The number of halogens is 1. The molecule has 0 aliphatic heterocycles. The largest absolute Gasteiger partial charge is 0.369 e. The van der Waals surface area contributed by atoms with Crippen molar-refractivity contribution in [2.45, 2.75) is 58.7 Å². The molecule has 1 atom stereocenters. The number of likely N-dealkylation sites (N-methyl/N-ethyl adjacent to an activating group) is 1. The van der Waals surface area contributed by atoms with Gasteiger partial charge in [-0.1, -0.05) is 44.5 Å². The van der Waals surface area contributed by atoms with Crippen molar-refractivity contribution >= 4 is 11.6 Å². The number of rotatable bonds is 6. The maximum absolute atomic E-state index is 6.41. The number of hydrogen-bond donors (Lipinski definition) is 1. The van der Waals surface area contributed by atoms with Gasteiger partial charge >= 0.3 is 0 Å². The van der Waals surface area contributed by atoms with E-state index in [4.69, 9.17) is 16.3 Å². The van der Waals surface area contributed by atoms with Crippen LogP contribution in [0.4, 0.5) is 0 Å². The van der Waals surface area contributed by atoms with Crippen LogP contribution in [0.1, 0.15) is 58.1 Å². The Hall–Kier alpha value is -0.570. The molecule has 3 heteroatoms. The Morgan fingerprint density at radius 3 is 2.43 bits per heavy atom. The lowest BCUT2D eigenvalue weighted by atomic mass is 9.76. The fourth-order valence-electron chi connectivity index (χ4n) is 2.94. The van der Waals surface area contributed by atoms with Crippen LogP contribution in [0.5, 0.6) is 0 Å². The van der Waals surface area contributed by atoms with E-state index in [-0.39, 0.29) is 6.10 Å². The predicted molar refractivity (Wildman–Crippen MR) is 89.9 cm³/mol. The standard InChI is InChI=1S/C18H28ClNO/c1-4-20-13-17(14-5-7-15(19)8-6-14)21-16-9-11-18(2,3)12-10-16/h5-8,16-17,20H,4,9-13H2,1-3H3. The molecule has 1 unspecified atom stereocenters. The third-order valence-electron chi connectivity index (χ3n) is 4.46. The van der Waals surface area contributed by atoms with Crippen molar-refractivity contribution in [3.63, 3.8) is 0 Å². The molecule has 1 aromatic carbocycles. The molecule has 118 valence electrons. The third kappa shape index (κ3) is 5.28. The van der Waals surface area contributed by atoms with Gasteiger partial charge < -0.3 is 10.1 Å². The molecule has 2 rings (SSSR count). The third-order valence-corrected chi connectivity index (χ3v) is 4.72. The van der Waals surface area contributed by atoms with Crippen LogP contribution >= 0.6 is 11.6 Å². The van der Waals surface area contributed by atoms with Gasteiger partial charge in [0.25, 0.3) is 0 Å². The molecule has 1 aliphatic carbocycles. The van der Waals surface area contributed by atoms with Crippen LogP contribution in [0, 0.1) is 5.41 Å². The average molecular weight is 310 g/mol. The van der Waals surface area contributed by atoms with Gasteiger partial charge in [-0.15, -0.1) is 0 Å². The molecule has 0 saturated heterocycles. The number of benzene rings is 1. The molecule has 0 bridgehead atoms. The van der Waals surface area contributed by atoms with E-state index in [1.165, 1.54) is 31.2 Å². The highest BCUT2D eigenvalue weighted by atomic mass is 35.5. The maximum atomic E-state index is 6.41. The zero-order valence-corrected chi connectivity index (χ0v) is 14.2. The minimum absolute atomic E-state index is 0.119. The Kier molecular flexibility index (Phi) is 6.09. The molecule has 0 aromatic heterocycles. The van der Waals surface area contributed by atoms with Crippen LogP contribution in [0.15, 0.2) is 24.3 Å². The van der Waals surface area contributed by atoms with Gasteiger partial charge in [0, 0.05) is 11.6 Å². The van der Waals surface area contributed by atoms with E-state index < -0.39 is 0 Å². The van der Waals surface area contributed by atoms with Crippen LogP contribution in [0.2, 0.25) is 5.02 Å². The van der Waals surface area contributed by atoms with Crippen molar-refractivity contribution < 1.29 is 4.74 Å². The minimum atomic E-state index is 0.119. The lowest BCUT2D eigenvalue weighted by Crippen LogP contribution is -2.31. The number of nitrogens with one attached hydrogen (secondary N) is 1. The Balaban J connectivity index is 1.98. The van der Waals surface area contributed by atoms with Gasteiger partial charge in [-0.3, -0.25) is 0 Å². The molecule has 0 spiro atoms. The molecule has 1 aliphatic rings. The highest BCUT2D eigenvalue weighted by Crippen LogP contribution is 2.37. The van der Waals surface area contributed by atoms with Gasteiger partial charge in [0.15, 0.2) is 0 Å². The topological polar surface area (TPSA) is 21.3 Å². The Morgan fingerprint density at radius 2 is 1.86 bits per heavy atom. The first-order valence-electron chi connectivity index (χ1n) is 8.12. The van der Waals surface area contributed by atoms with Gasteiger partial charge in [0.05, 0.1) is 12.2 Å². The van der Waals surface area contributed by atoms with Gasteiger partial charge in [-0.25, -0.2) is 0 Å². The summed E-state index contributed by atoms with van der Waals surface area (Å²) in [6.07, 6.45) is 5.36. The van der Waals surface area contributed by atoms with Crippen LogP contribution < -0.4 is 5.32 Å². The monoisotopic (exact) mass is 309 g/mol. The molecule has 1 aromatic rings. The van der Waals surface area contributed by atoms with E-state index in [9.17, 15) is 0 Å². The summed E-state index contributed by atoms with van der Waals surface area (Å²) in [7, 11) is 0. The fraction of sp³-hybridized carbons (Fsp3) is 0.667. The lowest BCUT2D eigenvalue weighted by molar-refractivity contribution is -0.0458. The minimum Gasteiger partial charge on any atom is -0.369 e. The second-order valence-electron chi connectivity index (χ2n) is 6.85. The first-order chi connectivity index (χ1) is 10.00. The van der Waals surface area contributed by atoms with Crippen molar-refractivity contribution in [2.24, 2.45) is 5.41 Å². The smallest absolute Gasteiger partial charge is 0.0952 e. The summed E-state index contributed by atoms with van der Waals surface area (Å²) in [6.45, 7) is 8.67. The number of ether oxygens (including phenoxy) is 1. The number of hydrogen-bond acceptors (Lipinski definition) is 2. The first kappa shape index (κ1) is 16.8. The van der Waals surface area contributed by atoms with E-state index in [0.29, 0.717) is 11.5 Å². The van der Waals surface area contributed by atoms with E-state index in [1.807, 2.05) is 12.1 Å². The Bertz CT molecular complexity index is 419. The van der Waals surface area contributed by atoms with Crippen molar-refractivity contribution in [1.82, 2.24) is 5.32 Å². The molecule has 21 heavy (non-hydrogen) atoms. The zero-order chi connectivity index (χ0) is 15.3. The van der Waals surface area contributed by atoms with E-state index >= 15 is 0 Å². The highest BCUT2D eigenvalue weighted by molar-refractivity contribution is 6.30. The molecule has 1 fully saturated rings. The van der Waals surface area contributed by atoms with Crippen molar-refractivity contribution in [2.75, 3.05) is 13.1 Å². The summed E-state index contributed by atoms with van der Waals surface area (Å²) in [5.41, 5.74) is 1.70. The Labute approximate surface area is 134 Å². The molecular weight excluding hydrogens is 282 g/mol. The van der Waals surface area contributed by atoms with Crippen LogP contribution in [0.25, 0.3) is 0 Å². The van der Waals surface area contributed by atoms with E-state index in [1.54, 1.807) is 0 Å². The second kappa shape index (κ2) is 7.62. The fourth-order valence-corrected chi connectivity index (χ4v) is 3.06. The van der Waals surface area contributed by atoms with Crippen molar-refractivity contribution in [3.8, 4) is 0 Å². The highest BCUT2D eigenvalue weighted by Gasteiger charge is 2.29. The summed E-state index contributed by atoms with van der Waals surface area (Å²) in [5.74, 6) is 0. The van der Waals surface area contributed by atoms with Gasteiger partial charge in [-0.2, -0.15) is 0 Å². The van der Waals surface area contributed by atoms with Crippen molar-refractivity contribution in [1.29, 1.82) is 0 Å². The second-order valence-corrected chi connectivity index (χ2v) is 7.28. The first-order valence-corrected chi connectivity index (χ1v) is 8.49. The Morgan fingerprint density at radius 1 is 1.24 bits per heavy atom. The quantitative estimate of drug-likeness (QED) is 0.800. The van der Waals surface area contributed by atoms with E-state index in [2.05, 4.69) is 38.2 Å². The summed E-state index contributed by atoms with van der Waals surface area (Å²) in [4.78, 5) is 0. The lowest BCUT2D eigenvalue weighted by Gasteiger charge is -2.36. The SMILES string of the molecule is CCNCC(OC1CCC(C)(C)CC1)c1ccc(Cl)cc1. The summed E-state index contributed by atoms with van der Waals surface area (Å²) in [5, 5.41) is 4.19. The molecule has 1 saturated carbocycles. The van der Waals surface area contributed by atoms with Crippen molar-refractivity contribution in [3.05, 3.63) is 34.9 Å². The van der Waals surface area contributed by atoms with Gasteiger partial charge in [0.2, 0.25) is 0 Å². The van der Waals surface area contributed by atoms with Crippen LogP contribution in [-0.2, 0) is 4.74 Å². The summed E-state index contributed by atoms with van der Waals surface area (Å²) in [6, 6.07) is 8.06. The maximum Gasteiger partial charge on any atom is 0.0952 e. The van der Waals surface area contributed by atoms with Gasteiger partial charge in [0.1, 0.15) is 0 Å². The summed E-state index contributed by atoms with van der Waals surface area (Å²) >= 11 is 5.99. The molecule has 0 heterocycles. The molecule has 1 N–H and O–H groups in total. The predicted octanol–water partition coefficient (Wildman–Crippen LogP) is 4.98. The molecular formula is C18H28ClNO. The summed E-state index contributed by atoms with van der Waals surface area (Å²) < 4.78 is 6.41. The molecule has 0 amide bonds. The average Bonchev–Trinajstić information content (AvgIpc) is 2.46. The van der Waals surface area contributed by atoms with Gasteiger partial charge in [-0.05, 0) is 55.3 Å². The van der Waals surface area contributed by atoms with Crippen LogP contribution in [-0.4, -0.2) is 19.2 Å². The zero-order valence-electron chi connectivity index (χ0n) is 13.5. The van der Waals surface area contributed by atoms with Crippen LogP contribution in [0.3, 0.4) is 0 Å². The van der Waals surface area contributed by atoms with E-state index in [0.717, 1.165) is 18.1 Å².